The monoisotopic (exact) mass is 224 g/mol. The van der Waals surface area contributed by atoms with Crippen molar-refractivity contribution in [3.63, 3.8) is 0 Å². The van der Waals surface area contributed by atoms with Gasteiger partial charge in [0, 0.05) is 18.1 Å². The van der Waals surface area contributed by atoms with Crippen LogP contribution in [0.15, 0.2) is 60.6 Å². The van der Waals surface area contributed by atoms with Crippen molar-refractivity contribution in [2.24, 2.45) is 0 Å². The van der Waals surface area contributed by atoms with E-state index in [0.29, 0.717) is 6.17 Å². The number of hydrogen-bond acceptors (Lipinski definition) is 2. The van der Waals surface area contributed by atoms with Crippen molar-refractivity contribution in [3.05, 3.63) is 66.2 Å². The van der Waals surface area contributed by atoms with Gasteiger partial charge < -0.3 is 9.80 Å². The van der Waals surface area contributed by atoms with E-state index in [1.807, 2.05) is 0 Å². The van der Waals surface area contributed by atoms with Crippen LogP contribution in [0.25, 0.3) is 0 Å². The second-order valence-corrected chi connectivity index (χ2v) is 4.49. The van der Waals surface area contributed by atoms with Gasteiger partial charge in [0.25, 0.3) is 0 Å². The smallest absolute Gasteiger partial charge is 0.107 e. The quantitative estimate of drug-likeness (QED) is 0.721. The van der Waals surface area contributed by atoms with Crippen LogP contribution in [0.4, 0.5) is 5.69 Å². The summed E-state index contributed by atoms with van der Waals surface area (Å²) in [7, 11) is 0. The highest BCUT2D eigenvalue weighted by Gasteiger charge is 2.28. The van der Waals surface area contributed by atoms with Gasteiger partial charge >= 0.3 is 0 Å². The number of benzene rings is 1. The van der Waals surface area contributed by atoms with Gasteiger partial charge in [-0.3, -0.25) is 0 Å². The molecule has 1 aromatic rings. The summed E-state index contributed by atoms with van der Waals surface area (Å²) in [5, 5.41) is 0. The van der Waals surface area contributed by atoms with Crippen molar-refractivity contribution in [2.45, 2.75) is 20.0 Å². The zero-order valence-electron chi connectivity index (χ0n) is 10.2. The molecule has 1 aromatic carbocycles. The number of nitrogens with zero attached hydrogens (tertiary/aromatic N) is 2. The number of fused-ring (bicyclic) bond motifs is 1. The van der Waals surface area contributed by atoms with Crippen molar-refractivity contribution in [1.29, 1.82) is 0 Å². The van der Waals surface area contributed by atoms with E-state index < -0.39 is 0 Å². The standard InChI is InChI=1S/C15H16N2/c1-12-7-3-4-9-15(12)17-11-14-8-5-6-10-16(14)13(17)2/h3-11,13H,1-2H3/t13-/m0/s1. The van der Waals surface area contributed by atoms with Gasteiger partial charge in [0.1, 0.15) is 6.17 Å². The number of hydrogen-bond donors (Lipinski definition) is 0. The van der Waals surface area contributed by atoms with E-state index in [2.05, 4.69) is 78.5 Å². The minimum atomic E-state index is 0.340. The summed E-state index contributed by atoms with van der Waals surface area (Å²) in [5.74, 6) is 0. The first-order chi connectivity index (χ1) is 8.27. The van der Waals surface area contributed by atoms with Crippen molar-refractivity contribution >= 4 is 5.69 Å². The van der Waals surface area contributed by atoms with Crippen molar-refractivity contribution in [3.8, 4) is 0 Å². The summed E-state index contributed by atoms with van der Waals surface area (Å²) in [4.78, 5) is 4.61. The molecule has 0 fully saturated rings. The van der Waals surface area contributed by atoms with Crippen LogP contribution in [0, 0.1) is 6.92 Å². The molecule has 17 heavy (non-hydrogen) atoms. The minimum Gasteiger partial charge on any atom is -0.326 e. The van der Waals surface area contributed by atoms with Crippen LogP contribution in [0.2, 0.25) is 0 Å². The van der Waals surface area contributed by atoms with E-state index in [-0.39, 0.29) is 0 Å². The van der Waals surface area contributed by atoms with Crippen LogP contribution in [-0.4, -0.2) is 11.1 Å². The number of anilines is 1. The van der Waals surface area contributed by atoms with Crippen molar-refractivity contribution in [2.75, 3.05) is 4.90 Å². The van der Waals surface area contributed by atoms with Crippen LogP contribution in [-0.2, 0) is 0 Å². The lowest BCUT2D eigenvalue weighted by Crippen LogP contribution is -2.34. The third-order valence-electron chi connectivity index (χ3n) is 3.39. The number of rotatable bonds is 1. The molecule has 0 aromatic heterocycles. The van der Waals surface area contributed by atoms with Gasteiger partial charge in [-0.2, -0.15) is 0 Å². The first-order valence-electron chi connectivity index (χ1n) is 5.96. The first-order valence-corrected chi connectivity index (χ1v) is 5.96. The molecule has 0 N–H and O–H groups in total. The Bertz CT molecular complexity index is 525. The van der Waals surface area contributed by atoms with Crippen LogP contribution in [0.3, 0.4) is 0 Å². The molecule has 2 aliphatic heterocycles. The Hall–Kier alpha value is -1.96. The second-order valence-electron chi connectivity index (χ2n) is 4.49. The summed E-state index contributed by atoms with van der Waals surface area (Å²) in [5.41, 5.74) is 3.84. The summed E-state index contributed by atoms with van der Waals surface area (Å²) in [6.45, 7) is 4.38. The second kappa shape index (κ2) is 3.81. The van der Waals surface area contributed by atoms with Crippen LogP contribution in [0.5, 0.6) is 0 Å². The molecule has 2 nitrogen and oxygen atoms in total. The topological polar surface area (TPSA) is 6.48 Å². The molecule has 0 unspecified atom stereocenters. The fraction of sp³-hybridized carbons (Fsp3) is 0.200. The number of allylic oxidation sites excluding steroid dienone is 3. The van der Waals surface area contributed by atoms with E-state index in [1.165, 1.54) is 16.9 Å². The van der Waals surface area contributed by atoms with Gasteiger partial charge in [0.15, 0.2) is 0 Å². The van der Waals surface area contributed by atoms with Crippen LogP contribution >= 0.6 is 0 Å². The predicted molar refractivity (Wildman–Crippen MR) is 71.3 cm³/mol. The lowest BCUT2D eigenvalue weighted by atomic mass is 10.2. The Labute approximate surface area is 102 Å². The molecule has 0 amide bonds. The molecule has 1 atom stereocenters. The average molecular weight is 224 g/mol. The third-order valence-corrected chi connectivity index (χ3v) is 3.39. The van der Waals surface area contributed by atoms with Crippen molar-refractivity contribution in [1.82, 2.24) is 4.90 Å². The largest absolute Gasteiger partial charge is 0.326 e. The highest BCUT2D eigenvalue weighted by Crippen LogP contribution is 2.32. The van der Waals surface area contributed by atoms with Crippen LogP contribution < -0.4 is 4.90 Å². The number of para-hydroxylation sites is 1. The first kappa shape index (κ1) is 10.2. The van der Waals surface area contributed by atoms with Gasteiger partial charge in [-0.25, -0.2) is 0 Å². The Morgan fingerprint density at radius 1 is 1.06 bits per heavy atom. The molecule has 0 bridgehead atoms. The van der Waals surface area contributed by atoms with Gasteiger partial charge in [0.2, 0.25) is 0 Å². The molecule has 0 spiro atoms. The lowest BCUT2D eigenvalue weighted by molar-refractivity contribution is 0.403. The fourth-order valence-electron chi connectivity index (χ4n) is 2.43. The molecule has 2 heterocycles. The summed E-state index contributed by atoms with van der Waals surface area (Å²) in [6, 6.07) is 8.51. The maximum Gasteiger partial charge on any atom is 0.107 e. The molecule has 0 saturated heterocycles. The van der Waals surface area contributed by atoms with E-state index in [9.17, 15) is 0 Å². The van der Waals surface area contributed by atoms with E-state index in [0.717, 1.165) is 0 Å². The summed E-state index contributed by atoms with van der Waals surface area (Å²) >= 11 is 0. The molecule has 2 heteroatoms. The molecule has 0 radical (unpaired) electrons. The zero-order valence-corrected chi connectivity index (χ0v) is 10.2. The highest BCUT2D eigenvalue weighted by atomic mass is 15.4. The minimum absolute atomic E-state index is 0.340. The Morgan fingerprint density at radius 2 is 1.88 bits per heavy atom. The Morgan fingerprint density at radius 3 is 2.65 bits per heavy atom. The van der Waals surface area contributed by atoms with E-state index >= 15 is 0 Å². The maximum atomic E-state index is 2.32. The summed E-state index contributed by atoms with van der Waals surface area (Å²) < 4.78 is 0. The Kier molecular flexibility index (Phi) is 2.29. The molecular formula is C15H16N2. The molecular weight excluding hydrogens is 208 g/mol. The SMILES string of the molecule is Cc1ccccc1N1C=C2C=CC=CN2[C@@H]1C. The fourth-order valence-corrected chi connectivity index (χ4v) is 2.43. The molecule has 3 rings (SSSR count). The molecule has 2 aliphatic rings. The lowest BCUT2D eigenvalue weighted by Gasteiger charge is -2.30. The van der Waals surface area contributed by atoms with Gasteiger partial charge in [0.05, 0.1) is 5.70 Å². The third kappa shape index (κ3) is 1.57. The Balaban J connectivity index is 2.01. The molecule has 0 aliphatic carbocycles. The van der Waals surface area contributed by atoms with Crippen molar-refractivity contribution < 1.29 is 0 Å². The highest BCUT2D eigenvalue weighted by molar-refractivity contribution is 5.59. The average Bonchev–Trinajstić information content (AvgIpc) is 2.68. The van der Waals surface area contributed by atoms with Gasteiger partial charge in [-0.1, -0.05) is 24.3 Å². The van der Waals surface area contributed by atoms with E-state index in [4.69, 9.17) is 0 Å². The number of aryl methyl sites for hydroxylation is 1. The van der Waals surface area contributed by atoms with Gasteiger partial charge in [-0.05, 0) is 37.6 Å². The maximum absolute atomic E-state index is 2.32. The van der Waals surface area contributed by atoms with Crippen LogP contribution in [0.1, 0.15) is 12.5 Å². The molecule has 0 saturated carbocycles. The van der Waals surface area contributed by atoms with E-state index in [1.54, 1.807) is 0 Å². The molecule has 86 valence electrons. The normalized spacial score (nSPS) is 21.8. The van der Waals surface area contributed by atoms with Gasteiger partial charge in [-0.15, -0.1) is 0 Å². The summed E-state index contributed by atoms with van der Waals surface area (Å²) in [6.07, 6.45) is 11.0. The predicted octanol–water partition coefficient (Wildman–Crippen LogP) is 3.39. The zero-order chi connectivity index (χ0) is 11.8.